The van der Waals surface area contributed by atoms with E-state index in [-0.39, 0.29) is 36.9 Å². The Morgan fingerprint density at radius 1 is 1.30 bits per heavy atom. The summed E-state index contributed by atoms with van der Waals surface area (Å²) in [6, 6.07) is 0.495. The second kappa shape index (κ2) is 10.2. The van der Waals surface area contributed by atoms with E-state index in [4.69, 9.17) is 5.73 Å². The van der Waals surface area contributed by atoms with Crippen LogP contribution in [0.25, 0.3) is 0 Å². The van der Waals surface area contributed by atoms with Gasteiger partial charge in [-0.1, -0.05) is 0 Å². The van der Waals surface area contributed by atoms with Gasteiger partial charge in [0.1, 0.15) is 17.7 Å². The first-order valence-electron chi connectivity index (χ1n) is 8.96. The SMILES string of the molecule is CSCC(=O)N1C[C@@H](NC(=O)Nc2ccc(F)cc2F)C[C@@H]1C(=O)N(C)CC(N)=O. The molecule has 4 N–H and O–H groups in total. The van der Waals surface area contributed by atoms with E-state index in [0.29, 0.717) is 6.07 Å². The van der Waals surface area contributed by atoms with Crippen molar-refractivity contribution in [2.45, 2.75) is 18.5 Å². The third-order valence-corrected chi connectivity index (χ3v) is 4.99. The summed E-state index contributed by atoms with van der Waals surface area (Å²) in [7, 11) is 1.40. The van der Waals surface area contributed by atoms with E-state index in [1.165, 1.54) is 23.7 Å². The molecule has 0 radical (unpaired) electrons. The molecule has 9 nitrogen and oxygen atoms in total. The van der Waals surface area contributed by atoms with Crippen molar-refractivity contribution in [2.75, 3.05) is 37.5 Å². The molecule has 0 spiro atoms. The van der Waals surface area contributed by atoms with Crippen molar-refractivity contribution >= 4 is 41.2 Å². The number of carbonyl (C=O) groups is 4. The molecule has 0 unspecified atom stereocenters. The first kappa shape index (κ1) is 23.4. The van der Waals surface area contributed by atoms with E-state index < -0.39 is 41.6 Å². The normalized spacial score (nSPS) is 18.1. The smallest absolute Gasteiger partial charge is 0.319 e. The number of nitrogens with two attached hydrogens (primary N) is 1. The predicted molar refractivity (Wildman–Crippen MR) is 108 cm³/mol. The molecule has 0 bridgehead atoms. The van der Waals surface area contributed by atoms with E-state index in [2.05, 4.69) is 10.6 Å². The fourth-order valence-electron chi connectivity index (χ4n) is 3.16. The molecule has 164 valence electrons. The number of hydrogen-bond acceptors (Lipinski definition) is 5. The highest BCUT2D eigenvalue weighted by Crippen LogP contribution is 2.22. The number of halogens is 2. The fourth-order valence-corrected chi connectivity index (χ4v) is 3.57. The molecule has 2 rings (SSSR count). The molecule has 1 saturated heterocycles. The Morgan fingerprint density at radius 2 is 2.00 bits per heavy atom. The monoisotopic (exact) mass is 443 g/mol. The van der Waals surface area contributed by atoms with Crippen LogP contribution < -0.4 is 16.4 Å². The number of amides is 5. The lowest BCUT2D eigenvalue weighted by Gasteiger charge is -2.27. The first-order valence-corrected chi connectivity index (χ1v) is 10.4. The van der Waals surface area contributed by atoms with Crippen LogP contribution in [0.5, 0.6) is 0 Å². The summed E-state index contributed by atoms with van der Waals surface area (Å²) in [5.74, 6) is -3.03. The van der Waals surface area contributed by atoms with Gasteiger partial charge < -0.3 is 26.2 Å². The Bertz CT molecular complexity index is 841. The quantitative estimate of drug-likeness (QED) is 0.561. The molecule has 1 aromatic carbocycles. The van der Waals surface area contributed by atoms with Crippen LogP contribution >= 0.6 is 11.8 Å². The van der Waals surface area contributed by atoms with Crippen LogP contribution in [0.3, 0.4) is 0 Å². The Kier molecular flexibility index (Phi) is 7.98. The molecule has 5 amide bonds. The number of likely N-dealkylation sites (N-methyl/N-ethyl adjacent to an activating group) is 1. The van der Waals surface area contributed by atoms with Crippen molar-refractivity contribution in [3.05, 3.63) is 29.8 Å². The third kappa shape index (κ3) is 6.05. The van der Waals surface area contributed by atoms with Crippen molar-refractivity contribution < 1.29 is 28.0 Å². The maximum Gasteiger partial charge on any atom is 0.319 e. The zero-order valence-corrected chi connectivity index (χ0v) is 17.3. The molecular formula is C18H23F2N5O4S. The summed E-state index contributed by atoms with van der Waals surface area (Å²) in [5, 5.41) is 4.86. The number of likely N-dealkylation sites (tertiary alicyclic amines) is 1. The maximum atomic E-state index is 13.7. The second-order valence-electron chi connectivity index (χ2n) is 6.81. The molecule has 0 aliphatic carbocycles. The average Bonchev–Trinajstić information content (AvgIpc) is 3.06. The summed E-state index contributed by atoms with van der Waals surface area (Å²) in [6.07, 6.45) is 1.85. The first-order chi connectivity index (χ1) is 14.1. The zero-order valence-electron chi connectivity index (χ0n) is 16.5. The summed E-state index contributed by atoms with van der Waals surface area (Å²) >= 11 is 1.29. The second-order valence-corrected chi connectivity index (χ2v) is 7.68. The Balaban J connectivity index is 2.07. The van der Waals surface area contributed by atoms with Crippen LogP contribution in [0.4, 0.5) is 19.3 Å². The number of primary amides is 1. The van der Waals surface area contributed by atoms with Crippen LogP contribution in [0.15, 0.2) is 18.2 Å². The van der Waals surface area contributed by atoms with E-state index in [1.807, 2.05) is 0 Å². The van der Waals surface area contributed by atoms with Gasteiger partial charge in [-0.25, -0.2) is 13.6 Å². The minimum atomic E-state index is -0.936. The number of nitrogens with zero attached hydrogens (tertiary/aromatic N) is 2. The van der Waals surface area contributed by atoms with Crippen molar-refractivity contribution in [3.63, 3.8) is 0 Å². The molecule has 0 saturated carbocycles. The molecule has 12 heteroatoms. The number of benzene rings is 1. The van der Waals surface area contributed by atoms with Gasteiger partial charge in [0, 0.05) is 19.7 Å². The number of nitrogens with one attached hydrogen (secondary N) is 2. The standard InChI is InChI=1S/C18H23F2N5O4S/c1-24(8-15(21)26)17(28)14-6-11(7-25(14)16(27)9-30-2)22-18(29)23-13-4-3-10(19)5-12(13)20/h3-5,11,14H,6-9H2,1-2H3,(H2,21,26)(H2,22,23,29)/t11-,14+/m0/s1. The summed E-state index contributed by atoms with van der Waals surface area (Å²) in [5.41, 5.74) is 4.91. The van der Waals surface area contributed by atoms with Gasteiger partial charge in [-0.3, -0.25) is 14.4 Å². The molecule has 1 aromatic rings. The molecule has 1 aliphatic heterocycles. The van der Waals surface area contributed by atoms with Crippen LogP contribution in [-0.4, -0.2) is 77.8 Å². The number of thioether (sulfide) groups is 1. The van der Waals surface area contributed by atoms with Crippen molar-refractivity contribution in [1.82, 2.24) is 15.1 Å². The number of urea groups is 1. The van der Waals surface area contributed by atoms with Gasteiger partial charge in [-0.2, -0.15) is 11.8 Å². The van der Waals surface area contributed by atoms with E-state index in [9.17, 15) is 28.0 Å². The molecule has 2 atom stereocenters. The molecule has 1 aliphatic rings. The summed E-state index contributed by atoms with van der Waals surface area (Å²) in [6.45, 7) is -0.234. The van der Waals surface area contributed by atoms with Crippen LogP contribution in [0, 0.1) is 11.6 Å². The van der Waals surface area contributed by atoms with E-state index in [1.54, 1.807) is 6.26 Å². The van der Waals surface area contributed by atoms with Gasteiger partial charge in [0.25, 0.3) is 0 Å². The Hall–Kier alpha value is -2.89. The highest BCUT2D eigenvalue weighted by Gasteiger charge is 2.41. The highest BCUT2D eigenvalue weighted by molar-refractivity contribution is 7.99. The van der Waals surface area contributed by atoms with E-state index in [0.717, 1.165) is 17.0 Å². The zero-order chi connectivity index (χ0) is 22.4. The molecular weight excluding hydrogens is 420 g/mol. The predicted octanol–water partition coefficient (Wildman–Crippen LogP) is 0.363. The van der Waals surface area contributed by atoms with Crippen molar-refractivity contribution in [2.24, 2.45) is 5.73 Å². The topological polar surface area (TPSA) is 125 Å². The third-order valence-electron chi connectivity index (χ3n) is 4.46. The van der Waals surface area contributed by atoms with Crippen LogP contribution in [-0.2, 0) is 14.4 Å². The van der Waals surface area contributed by atoms with Crippen molar-refractivity contribution in [1.29, 1.82) is 0 Å². The minimum absolute atomic E-state index is 0.0690. The summed E-state index contributed by atoms with van der Waals surface area (Å²) in [4.78, 5) is 50.9. The lowest BCUT2D eigenvalue weighted by molar-refractivity contribution is -0.142. The van der Waals surface area contributed by atoms with Crippen LogP contribution in [0.1, 0.15) is 6.42 Å². The molecule has 0 aromatic heterocycles. The molecule has 30 heavy (non-hydrogen) atoms. The average molecular weight is 443 g/mol. The fraction of sp³-hybridized carbons (Fsp3) is 0.444. The number of rotatable bonds is 7. The van der Waals surface area contributed by atoms with Crippen LogP contribution in [0.2, 0.25) is 0 Å². The molecule has 1 fully saturated rings. The number of anilines is 1. The lowest BCUT2D eigenvalue weighted by Crippen LogP contribution is -2.48. The van der Waals surface area contributed by atoms with Gasteiger partial charge in [-0.15, -0.1) is 0 Å². The maximum absolute atomic E-state index is 13.7. The van der Waals surface area contributed by atoms with Gasteiger partial charge in [0.05, 0.1) is 24.0 Å². The van der Waals surface area contributed by atoms with Gasteiger partial charge >= 0.3 is 6.03 Å². The molecule has 1 heterocycles. The van der Waals surface area contributed by atoms with E-state index >= 15 is 0 Å². The van der Waals surface area contributed by atoms with Gasteiger partial charge in [0.2, 0.25) is 17.7 Å². The Labute approximate surface area is 176 Å². The van der Waals surface area contributed by atoms with Gasteiger partial charge in [0.15, 0.2) is 0 Å². The van der Waals surface area contributed by atoms with Crippen molar-refractivity contribution in [3.8, 4) is 0 Å². The number of carbonyl (C=O) groups excluding carboxylic acids is 4. The largest absolute Gasteiger partial charge is 0.368 e. The number of hydrogen-bond donors (Lipinski definition) is 3. The highest BCUT2D eigenvalue weighted by atomic mass is 32.2. The summed E-state index contributed by atoms with van der Waals surface area (Å²) < 4.78 is 26.7. The minimum Gasteiger partial charge on any atom is -0.368 e. The lowest BCUT2D eigenvalue weighted by atomic mass is 10.1. The van der Waals surface area contributed by atoms with Gasteiger partial charge in [-0.05, 0) is 24.8 Å². The Morgan fingerprint density at radius 3 is 2.60 bits per heavy atom.